The van der Waals surface area contributed by atoms with Gasteiger partial charge in [0, 0.05) is 5.33 Å². The van der Waals surface area contributed by atoms with E-state index in [-0.39, 0.29) is 0 Å². The van der Waals surface area contributed by atoms with Crippen molar-refractivity contribution < 1.29 is 0 Å². The van der Waals surface area contributed by atoms with Crippen LogP contribution in [0.4, 0.5) is 0 Å². The average molecular weight is 552 g/mol. The summed E-state index contributed by atoms with van der Waals surface area (Å²) in [6, 6.07) is 1.30. The molecule has 0 aromatic rings. The van der Waals surface area contributed by atoms with Gasteiger partial charge in [0.05, 0.1) is 0 Å². The molecule has 0 saturated carbocycles. The highest BCUT2D eigenvalue weighted by Crippen LogP contribution is 2.20. The maximum atomic E-state index is 6.38. The van der Waals surface area contributed by atoms with E-state index < -0.39 is 7.38 Å². The number of alkyl halides is 1. The van der Waals surface area contributed by atoms with E-state index >= 15 is 0 Å². The van der Waals surface area contributed by atoms with Crippen molar-refractivity contribution in [2.45, 2.75) is 180 Å². The minimum Gasteiger partial charge on any atom is -0.168 e. The molecule has 0 aliphatic rings. The van der Waals surface area contributed by atoms with Gasteiger partial charge in [-0.05, 0) is 12.5 Å². The van der Waals surface area contributed by atoms with Crippen molar-refractivity contribution in [1.29, 1.82) is 0 Å². The number of halogens is 2. The van der Waals surface area contributed by atoms with Crippen LogP contribution in [0.5, 0.6) is 0 Å². The van der Waals surface area contributed by atoms with Crippen LogP contribution in [0.3, 0.4) is 0 Å². The van der Waals surface area contributed by atoms with Crippen molar-refractivity contribution in [3.8, 4) is 0 Å². The van der Waals surface area contributed by atoms with E-state index in [0.29, 0.717) is 0 Å². The third-order valence-electron chi connectivity index (χ3n) is 6.90. The van der Waals surface area contributed by atoms with E-state index in [4.69, 9.17) is 11.1 Å². The number of rotatable bonds is 27. The second-order valence-corrected chi connectivity index (χ2v) is 18.8. The molecule has 0 heterocycles. The standard InChI is InChI=1S/C29H60BrClSi/c1-32(2,31)29-27-25-23-21-19-17-15-13-11-9-7-5-3-4-6-8-10-12-14-16-18-20-22-24-26-28-30/h3-29H2,1-2H3. The lowest BCUT2D eigenvalue weighted by molar-refractivity contribution is 0.517. The third-order valence-corrected chi connectivity index (χ3v) is 9.58. The number of unbranched alkanes of at least 4 members (excludes halogenated alkanes) is 24. The molecule has 0 aromatic carbocycles. The van der Waals surface area contributed by atoms with E-state index in [2.05, 4.69) is 29.0 Å². The summed E-state index contributed by atoms with van der Waals surface area (Å²) in [6.07, 6.45) is 36.4. The fraction of sp³-hybridized carbons (Fsp3) is 1.00. The number of hydrogen-bond donors (Lipinski definition) is 0. The van der Waals surface area contributed by atoms with Gasteiger partial charge in [0.1, 0.15) is 7.38 Å². The van der Waals surface area contributed by atoms with E-state index in [1.807, 2.05) is 0 Å². The zero-order chi connectivity index (χ0) is 23.6. The minimum absolute atomic E-state index is 1.18. The lowest BCUT2D eigenvalue weighted by Crippen LogP contribution is -2.14. The average Bonchev–Trinajstić information content (AvgIpc) is 2.75. The molecular formula is C29H60BrClSi. The first-order valence-electron chi connectivity index (χ1n) is 14.8. The van der Waals surface area contributed by atoms with Gasteiger partial charge in [-0.1, -0.05) is 183 Å². The molecule has 0 amide bonds. The van der Waals surface area contributed by atoms with Gasteiger partial charge < -0.3 is 0 Å². The zero-order valence-electron chi connectivity index (χ0n) is 22.3. The Kier molecular flexibility index (Phi) is 27.4. The lowest BCUT2D eigenvalue weighted by Gasteiger charge is -2.11. The van der Waals surface area contributed by atoms with Gasteiger partial charge in [0.15, 0.2) is 0 Å². The smallest absolute Gasteiger partial charge is 0.150 e. The molecule has 0 unspecified atom stereocenters. The summed E-state index contributed by atoms with van der Waals surface area (Å²) in [5.41, 5.74) is 0. The Bertz CT molecular complexity index is 343. The summed E-state index contributed by atoms with van der Waals surface area (Å²) < 4.78 is 0. The Morgan fingerprint density at radius 2 is 0.562 bits per heavy atom. The van der Waals surface area contributed by atoms with Crippen LogP contribution in [-0.2, 0) is 0 Å². The van der Waals surface area contributed by atoms with Crippen LogP contribution in [0.25, 0.3) is 0 Å². The topological polar surface area (TPSA) is 0 Å². The van der Waals surface area contributed by atoms with E-state index in [1.54, 1.807) is 0 Å². The quantitative estimate of drug-likeness (QED) is 0.0412. The molecule has 0 nitrogen and oxygen atoms in total. The highest BCUT2D eigenvalue weighted by molar-refractivity contribution is 9.09. The maximum Gasteiger partial charge on any atom is 0.150 e. The van der Waals surface area contributed by atoms with Crippen LogP contribution >= 0.6 is 27.0 Å². The monoisotopic (exact) mass is 550 g/mol. The Morgan fingerprint density at radius 1 is 0.375 bits per heavy atom. The predicted molar refractivity (Wildman–Crippen MR) is 157 cm³/mol. The molecule has 0 atom stereocenters. The highest BCUT2D eigenvalue weighted by Gasteiger charge is 2.15. The maximum absolute atomic E-state index is 6.38. The Balaban J connectivity index is 3.02. The molecule has 0 bridgehead atoms. The summed E-state index contributed by atoms with van der Waals surface area (Å²) in [5, 5.41) is 1.18. The molecule has 0 radical (unpaired) electrons. The third kappa shape index (κ3) is 31.0. The van der Waals surface area contributed by atoms with Crippen LogP contribution < -0.4 is 0 Å². The Labute approximate surface area is 218 Å². The molecule has 3 heteroatoms. The van der Waals surface area contributed by atoms with Gasteiger partial charge in [-0.25, -0.2) is 0 Å². The Hall–Kier alpha value is 0.987. The molecule has 0 rings (SSSR count). The Morgan fingerprint density at radius 3 is 0.750 bits per heavy atom. The predicted octanol–water partition coefficient (Wildman–Crippen LogP) is 12.6. The first kappa shape index (κ1) is 33.0. The minimum atomic E-state index is -1.31. The molecule has 0 spiro atoms. The van der Waals surface area contributed by atoms with Crippen LogP contribution in [0, 0.1) is 0 Å². The SMILES string of the molecule is C[Si](C)(Cl)CCCCCCCCCCCCCCCCCCCCCCCCCCCBr. The van der Waals surface area contributed by atoms with Crippen molar-refractivity contribution >= 4 is 34.4 Å². The van der Waals surface area contributed by atoms with Gasteiger partial charge in [0.25, 0.3) is 0 Å². The second kappa shape index (κ2) is 26.6. The van der Waals surface area contributed by atoms with Crippen LogP contribution in [-0.4, -0.2) is 12.7 Å². The van der Waals surface area contributed by atoms with Crippen molar-refractivity contribution in [1.82, 2.24) is 0 Å². The van der Waals surface area contributed by atoms with Crippen LogP contribution in [0.15, 0.2) is 0 Å². The summed E-state index contributed by atoms with van der Waals surface area (Å²) in [4.78, 5) is 0. The van der Waals surface area contributed by atoms with Crippen LogP contribution in [0.2, 0.25) is 19.1 Å². The largest absolute Gasteiger partial charge is 0.168 e. The number of hydrogen-bond acceptors (Lipinski definition) is 0. The van der Waals surface area contributed by atoms with E-state index in [9.17, 15) is 0 Å². The zero-order valence-corrected chi connectivity index (χ0v) is 25.7. The van der Waals surface area contributed by atoms with Gasteiger partial charge in [0.2, 0.25) is 0 Å². The second-order valence-electron chi connectivity index (χ2n) is 11.0. The highest BCUT2D eigenvalue weighted by atomic mass is 79.9. The summed E-state index contributed by atoms with van der Waals surface area (Å²) in [7, 11) is -1.31. The molecule has 0 fully saturated rings. The van der Waals surface area contributed by atoms with Crippen molar-refractivity contribution in [3.63, 3.8) is 0 Å². The molecule has 0 aliphatic heterocycles. The molecule has 0 aliphatic carbocycles. The molecule has 0 saturated heterocycles. The van der Waals surface area contributed by atoms with E-state index in [1.165, 1.54) is 172 Å². The first-order chi connectivity index (χ1) is 15.6. The van der Waals surface area contributed by atoms with Gasteiger partial charge >= 0.3 is 0 Å². The van der Waals surface area contributed by atoms with Gasteiger partial charge in [-0.3, -0.25) is 0 Å². The molecule has 32 heavy (non-hydrogen) atoms. The van der Waals surface area contributed by atoms with Crippen molar-refractivity contribution in [3.05, 3.63) is 0 Å². The normalized spacial score (nSPS) is 12.0. The molecule has 0 N–H and O–H groups in total. The van der Waals surface area contributed by atoms with Gasteiger partial charge in [-0.15, -0.1) is 0 Å². The summed E-state index contributed by atoms with van der Waals surface area (Å²) >= 11 is 9.89. The molecule has 194 valence electrons. The summed E-state index contributed by atoms with van der Waals surface area (Å²) in [5.74, 6) is 0. The lowest BCUT2D eigenvalue weighted by atomic mass is 10.0. The van der Waals surface area contributed by atoms with Crippen molar-refractivity contribution in [2.24, 2.45) is 0 Å². The van der Waals surface area contributed by atoms with Gasteiger partial charge in [-0.2, -0.15) is 11.1 Å². The molecule has 0 aromatic heterocycles. The fourth-order valence-corrected chi connectivity index (χ4v) is 6.59. The fourth-order valence-electron chi connectivity index (χ4n) is 4.71. The van der Waals surface area contributed by atoms with E-state index in [0.717, 1.165) is 0 Å². The summed E-state index contributed by atoms with van der Waals surface area (Å²) in [6.45, 7) is 4.54. The first-order valence-corrected chi connectivity index (χ1v) is 20.2. The van der Waals surface area contributed by atoms with Crippen molar-refractivity contribution in [2.75, 3.05) is 5.33 Å². The van der Waals surface area contributed by atoms with Crippen LogP contribution in [0.1, 0.15) is 161 Å². The molecular weight excluding hydrogens is 492 g/mol.